The number of rotatable bonds is 6. The minimum atomic E-state index is -0.478. The van der Waals surface area contributed by atoms with Gasteiger partial charge in [-0.15, -0.1) is 5.10 Å². The van der Waals surface area contributed by atoms with E-state index in [1.807, 2.05) is 12.1 Å². The molecule has 0 atom stereocenters. The normalized spacial score (nSPS) is 10.6. The van der Waals surface area contributed by atoms with Crippen molar-refractivity contribution in [3.05, 3.63) is 53.1 Å². The van der Waals surface area contributed by atoms with Gasteiger partial charge in [-0.1, -0.05) is 23.7 Å². The van der Waals surface area contributed by atoms with Crippen molar-refractivity contribution < 1.29 is 13.9 Å². The van der Waals surface area contributed by atoms with E-state index in [-0.39, 0.29) is 17.7 Å². The largest absolute Gasteiger partial charge is 0.450 e. The summed E-state index contributed by atoms with van der Waals surface area (Å²) in [4.78, 5) is 20.0. The summed E-state index contributed by atoms with van der Waals surface area (Å²) >= 11 is 5.85. The van der Waals surface area contributed by atoms with Crippen LogP contribution in [0.5, 0.6) is 6.08 Å². The van der Waals surface area contributed by atoms with Gasteiger partial charge in [0.1, 0.15) is 12.6 Å². The molecule has 0 bridgehead atoms. The summed E-state index contributed by atoms with van der Waals surface area (Å²) in [5, 5.41) is 7.41. The van der Waals surface area contributed by atoms with E-state index in [1.54, 1.807) is 23.7 Å². The summed E-state index contributed by atoms with van der Waals surface area (Å²) in [7, 11) is 0. The van der Waals surface area contributed by atoms with E-state index in [1.165, 1.54) is 12.6 Å². The first-order valence-corrected chi connectivity index (χ1v) is 7.55. The number of hydrogen-bond acceptors (Lipinski definition) is 6. The molecule has 0 spiro atoms. The highest BCUT2D eigenvalue weighted by molar-refractivity contribution is 6.30. The van der Waals surface area contributed by atoms with Crippen LogP contribution >= 0.6 is 11.6 Å². The Morgan fingerprint density at radius 2 is 2.17 bits per heavy atom. The van der Waals surface area contributed by atoms with Crippen LogP contribution in [0.3, 0.4) is 0 Å². The predicted molar refractivity (Wildman–Crippen MR) is 86.2 cm³/mol. The second-order valence-corrected chi connectivity index (χ2v) is 5.21. The van der Waals surface area contributed by atoms with E-state index < -0.39 is 5.91 Å². The fourth-order valence-corrected chi connectivity index (χ4v) is 2.05. The lowest BCUT2D eigenvalue weighted by Crippen LogP contribution is -2.14. The van der Waals surface area contributed by atoms with Gasteiger partial charge in [-0.05, 0) is 24.6 Å². The Labute approximate surface area is 142 Å². The zero-order valence-corrected chi connectivity index (χ0v) is 13.5. The second-order valence-electron chi connectivity index (χ2n) is 4.78. The summed E-state index contributed by atoms with van der Waals surface area (Å²) < 4.78 is 11.7. The molecular weight excluding hydrogens is 334 g/mol. The zero-order valence-electron chi connectivity index (χ0n) is 12.8. The van der Waals surface area contributed by atoms with Crippen LogP contribution in [-0.2, 0) is 6.54 Å². The lowest BCUT2D eigenvalue weighted by Gasteiger charge is -2.01. The maximum Gasteiger partial charge on any atom is 0.394 e. The molecular formula is C15H14ClN5O3. The Kier molecular flexibility index (Phi) is 4.76. The molecule has 0 radical (unpaired) electrons. The van der Waals surface area contributed by atoms with Crippen LogP contribution in [-0.4, -0.2) is 32.3 Å². The van der Waals surface area contributed by atoms with Crippen LogP contribution in [0.15, 0.2) is 41.3 Å². The summed E-state index contributed by atoms with van der Waals surface area (Å²) in [6.45, 7) is 2.71. The Hall–Kier alpha value is -2.87. The molecule has 0 saturated heterocycles. The van der Waals surface area contributed by atoms with E-state index in [0.29, 0.717) is 18.2 Å². The van der Waals surface area contributed by atoms with E-state index >= 15 is 0 Å². The first kappa shape index (κ1) is 16.0. The Morgan fingerprint density at radius 1 is 1.38 bits per heavy atom. The summed E-state index contributed by atoms with van der Waals surface area (Å²) in [5.41, 5.74) is 1.10. The minimum Gasteiger partial charge on any atom is -0.450 e. The lowest BCUT2D eigenvalue weighted by atomic mass is 10.2. The van der Waals surface area contributed by atoms with Crippen LogP contribution in [0, 0.1) is 0 Å². The second kappa shape index (κ2) is 7.14. The van der Waals surface area contributed by atoms with Crippen molar-refractivity contribution in [3.8, 4) is 6.08 Å². The molecule has 0 unspecified atom stereocenters. The van der Waals surface area contributed by atoms with Crippen LogP contribution in [0.2, 0.25) is 5.02 Å². The molecule has 3 aromatic rings. The van der Waals surface area contributed by atoms with Crippen molar-refractivity contribution in [2.75, 3.05) is 11.9 Å². The average molecular weight is 348 g/mol. The molecule has 0 fully saturated rings. The van der Waals surface area contributed by atoms with Crippen LogP contribution in [0.1, 0.15) is 23.0 Å². The van der Waals surface area contributed by atoms with Gasteiger partial charge in [0.05, 0.1) is 13.2 Å². The van der Waals surface area contributed by atoms with Gasteiger partial charge in [0, 0.05) is 5.02 Å². The molecule has 1 N–H and O–H groups in total. The monoisotopic (exact) mass is 347 g/mol. The van der Waals surface area contributed by atoms with Gasteiger partial charge in [0.2, 0.25) is 5.95 Å². The molecule has 9 heteroatoms. The van der Waals surface area contributed by atoms with E-state index in [2.05, 4.69) is 20.4 Å². The molecule has 2 aromatic heterocycles. The molecule has 24 heavy (non-hydrogen) atoms. The van der Waals surface area contributed by atoms with E-state index in [0.717, 1.165) is 5.56 Å². The molecule has 8 nitrogen and oxygen atoms in total. The van der Waals surface area contributed by atoms with Crippen molar-refractivity contribution in [2.45, 2.75) is 13.5 Å². The number of nitrogens with zero attached hydrogens (tertiary/aromatic N) is 4. The smallest absolute Gasteiger partial charge is 0.394 e. The number of ether oxygens (including phenoxy) is 1. The third kappa shape index (κ3) is 3.90. The molecule has 0 aliphatic rings. The first-order valence-electron chi connectivity index (χ1n) is 7.17. The number of aromatic nitrogens is 4. The molecule has 124 valence electrons. The molecule has 0 saturated carbocycles. The number of carbonyl (C=O) groups is 1. The van der Waals surface area contributed by atoms with Crippen molar-refractivity contribution in [3.63, 3.8) is 0 Å². The lowest BCUT2D eigenvalue weighted by molar-refractivity contribution is 0.102. The number of amides is 1. The maximum absolute atomic E-state index is 12.0. The molecule has 2 heterocycles. The number of benzene rings is 1. The van der Waals surface area contributed by atoms with Gasteiger partial charge in [-0.3, -0.25) is 10.1 Å². The fourth-order valence-electron chi connectivity index (χ4n) is 1.92. The fraction of sp³-hybridized carbons (Fsp3) is 0.200. The molecule has 1 amide bonds. The summed E-state index contributed by atoms with van der Waals surface area (Å²) in [6, 6.07) is 7.40. The summed E-state index contributed by atoms with van der Waals surface area (Å²) in [5.74, 6) is -0.302. The van der Waals surface area contributed by atoms with Gasteiger partial charge < -0.3 is 9.15 Å². The Morgan fingerprint density at radius 3 is 2.92 bits per heavy atom. The van der Waals surface area contributed by atoms with Gasteiger partial charge >= 0.3 is 6.08 Å². The minimum absolute atomic E-state index is 0.0453. The number of nitrogens with one attached hydrogen (secondary N) is 1. The highest BCUT2D eigenvalue weighted by Crippen LogP contribution is 2.12. The Balaban J connectivity index is 1.62. The number of oxazole rings is 1. The molecule has 1 aromatic carbocycles. The van der Waals surface area contributed by atoms with Gasteiger partial charge in [0.15, 0.2) is 5.69 Å². The van der Waals surface area contributed by atoms with Crippen molar-refractivity contribution in [1.29, 1.82) is 0 Å². The SMILES string of the molecule is CCOc1nc(C(=O)Nc2ncn(Cc3ccc(Cl)cc3)n2)co1. The number of halogens is 1. The average Bonchev–Trinajstić information content (AvgIpc) is 3.20. The number of carbonyl (C=O) groups excluding carboxylic acids is 1. The highest BCUT2D eigenvalue weighted by atomic mass is 35.5. The van der Waals surface area contributed by atoms with Gasteiger partial charge in [-0.25, -0.2) is 9.67 Å². The third-order valence-electron chi connectivity index (χ3n) is 3.00. The van der Waals surface area contributed by atoms with Gasteiger partial charge in [0.25, 0.3) is 5.91 Å². The number of hydrogen-bond donors (Lipinski definition) is 1. The number of anilines is 1. The zero-order chi connectivity index (χ0) is 16.9. The predicted octanol–water partition coefficient (Wildman–Crippen LogP) is 2.62. The van der Waals surface area contributed by atoms with Crippen LogP contribution < -0.4 is 10.1 Å². The van der Waals surface area contributed by atoms with Crippen molar-refractivity contribution in [1.82, 2.24) is 19.7 Å². The topological polar surface area (TPSA) is 95.1 Å². The highest BCUT2D eigenvalue weighted by Gasteiger charge is 2.15. The quantitative estimate of drug-likeness (QED) is 0.736. The van der Waals surface area contributed by atoms with Crippen molar-refractivity contribution in [2.24, 2.45) is 0 Å². The third-order valence-corrected chi connectivity index (χ3v) is 3.26. The van der Waals surface area contributed by atoms with Crippen molar-refractivity contribution >= 4 is 23.5 Å². The van der Waals surface area contributed by atoms with Gasteiger partial charge in [-0.2, -0.15) is 4.98 Å². The molecule has 0 aliphatic heterocycles. The molecule has 0 aliphatic carbocycles. The van der Waals surface area contributed by atoms with E-state index in [9.17, 15) is 4.79 Å². The standard InChI is InChI=1S/C15H14ClN5O3/c1-2-23-15-18-12(8-24-15)13(22)19-14-17-9-21(20-14)7-10-3-5-11(16)6-4-10/h3-6,8-9H,2,7H2,1H3,(H,19,20,22). The maximum atomic E-state index is 12.0. The van der Waals surface area contributed by atoms with E-state index in [4.69, 9.17) is 20.8 Å². The Bertz CT molecular complexity index is 828. The first-order chi connectivity index (χ1) is 11.6. The van der Waals surface area contributed by atoms with Crippen LogP contribution in [0.4, 0.5) is 5.95 Å². The van der Waals surface area contributed by atoms with Crippen LogP contribution in [0.25, 0.3) is 0 Å². The molecule has 3 rings (SSSR count). The summed E-state index contributed by atoms with van der Waals surface area (Å²) in [6.07, 6.45) is 2.79.